The van der Waals surface area contributed by atoms with Crippen LogP contribution in [-0.4, -0.2) is 38.7 Å². The summed E-state index contributed by atoms with van der Waals surface area (Å²) in [5, 5.41) is 7.20. The van der Waals surface area contributed by atoms with Gasteiger partial charge in [0.05, 0.1) is 12.2 Å². The van der Waals surface area contributed by atoms with Gasteiger partial charge in [0.25, 0.3) is 0 Å². The average Bonchev–Trinajstić information content (AvgIpc) is 3.21. The number of rotatable bonds is 5. The summed E-state index contributed by atoms with van der Waals surface area (Å²) in [4.78, 5) is 18.6. The summed E-state index contributed by atoms with van der Waals surface area (Å²) in [7, 11) is 0. The standard InChI is InChI=1S/C20H21N5O/c26-20(13-24-10-9-16-5-1-2-7-18(16)12-24)22-11-17-6-3-4-8-19(17)25-15-21-14-23-25/h1-8,14-15H,9-13H2,(H,22,26). The number of carbonyl (C=O) groups excluding carboxylic acids is 1. The van der Waals surface area contributed by atoms with Gasteiger partial charge in [0.1, 0.15) is 12.7 Å². The molecule has 1 aliphatic heterocycles. The normalized spacial score (nSPS) is 14.0. The second-order valence-corrected chi connectivity index (χ2v) is 6.47. The summed E-state index contributed by atoms with van der Waals surface area (Å²) in [6.45, 7) is 2.64. The molecule has 1 N–H and O–H groups in total. The van der Waals surface area contributed by atoms with Crippen LogP contribution in [0.25, 0.3) is 5.69 Å². The molecule has 0 saturated carbocycles. The predicted molar refractivity (Wildman–Crippen MR) is 98.6 cm³/mol. The van der Waals surface area contributed by atoms with Crippen LogP contribution in [0.15, 0.2) is 61.2 Å². The summed E-state index contributed by atoms with van der Waals surface area (Å²) in [6, 6.07) is 16.3. The van der Waals surface area contributed by atoms with Gasteiger partial charge in [0.2, 0.25) is 5.91 Å². The quantitative estimate of drug-likeness (QED) is 0.766. The zero-order valence-electron chi connectivity index (χ0n) is 14.5. The first-order chi connectivity index (χ1) is 12.8. The third-order valence-electron chi connectivity index (χ3n) is 4.71. The van der Waals surface area contributed by atoms with E-state index >= 15 is 0 Å². The highest BCUT2D eigenvalue weighted by Gasteiger charge is 2.18. The van der Waals surface area contributed by atoms with Crippen molar-refractivity contribution in [3.8, 4) is 5.69 Å². The molecule has 0 radical (unpaired) electrons. The lowest BCUT2D eigenvalue weighted by Gasteiger charge is -2.28. The van der Waals surface area contributed by atoms with Crippen molar-refractivity contribution in [3.05, 3.63) is 77.9 Å². The molecule has 0 atom stereocenters. The molecule has 1 aromatic heterocycles. The summed E-state index contributed by atoms with van der Waals surface area (Å²) in [5.74, 6) is 0.0396. The van der Waals surface area contributed by atoms with E-state index in [0.29, 0.717) is 13.1 Å². The highest BCUT2D eigenvalue weighted by Crippen LogP contribution is 2.18. The second kappa shape index (κ2) is 7.49. The Kier molecular flexibility index (Phi) is 4.75. The molecule has 1 aliphatic rings. The van der Waals surface area contributed by atoms with Gasteiger partial charge >= 0.3 is 0 Å². The van der Waals surface area contributed by atoms with Gasteiger partial charge in [0.15, 0.2) is 0 Å². The van der Waals surface area contributed by atoms with Crippen LogP contribution in [0.4, 0.5) is 0 Å². The van der Waals surface area contributed by atoms with E-state index in [0.717, 1.165) is 30.8 Å². The highest BCUT2D eigenvalue weighted by atomic mass is 16.2. The first-order valence-corrected chi connectivity index (χ1v) is 8.78. The Morgan fingerprint density at radius 1 is 1.08 bits per heavy atom. The lowest BCUT2D eigenvalue weighted by Crippen LogP contribution is -2.39. The van der Waals surface area contributed by atoms with Crippen molar-refractivity contribution in [3.63, 3.8) is 0 Å². The third kappa shape index (κ3) is 3.65. The molecule has 0 unspecified atom stereocenters. The highest BCUT2D eigenvalue weighted by molar-refractivity contribution is 5.78. The number of aromatic nitrogens is 3. The monoisotopic (exact) mass is 347 g/mol. The first kappa shape index (κ1) is 16.5. The summed E-state index contributed by atoms with van der Waals surface area (Å²) < 4.78 is 1.71. The first-order valence-electron chi connectivity index (χ1n) is 8.78. The van der Waals surface area contributed by atoms with Gasteiger partial charge in [-0.15, -0.1) is 0 Å². The Labute approximate surface area is 152 Å². The maximum absolute atomic E-state index is 12.4. The van der Waals surface area contributed by atoms with Crippen LogP contribution in [0.5, 0.6) is 0 Å². The number of benzene rings is 2. The minimum atomic E-state index is 0.0396. The number of nitrogens with one attached hydrogen (secondary N) is 1. The number of amides is 1. The number of carbonyl (C=O) groups is 1. The Hall–Kier alpha value is -2.99. The summed E-state index contributed by atoms with van der Waals surface area (Å²) in [6.07, 6.45) is 4.16. The van der Waals surface area contributed by atoms with Crippen molar-refractivity contribution >= 4 is 5.91 Å². The molecule has 4 rings (SSSR count). The molecular weight excluding hydrogens is 326 g/mol. The van der Waals surface area contributed by atoms with Crippen molar-refractivity contribution in [2.75, 3.05) is 13.1 Å². The maximum atomic E-state index is 12.4. The van der Waals surface area contributed by atoms with Gasteiger partial charge in [-0.3, -0.25) is 9.69 Å². The van der Waals surface area contributed by atoms with Gasteiger partial charge in [-0.05, 0) is 29.2 Å². The van der Waals surface area contributed by atoms with Crippen molar-refractivity contribution in [1.29, 1.82) is 0 Å². The Bertz CT molecular complexity index is 891. The molecule has 0 fully saturated rings. The zero-order valence-corrected chi connectivity index (χ0v) is 14.5. The fourth-order valence-corrected chi connectivity index (χ4v) is 3.36. The van der Waals surface area contributed by atoms with E-state index in [1.165, 1.54) is 17.5 Å². The fourth-order valence-electron chi connectivity index (χ4n) is 3.36. The van der Waals surface area contributed by atoms with E-state index in [2.05, 4.69) is 44.6 Å². The molecular formula is C20H21N5O. The molecule has 2 heterocycles. The van der Waals surface area contributed by atoms with Crippen molar-refractivity contribution in [2.24, 2.45) is 0 Å². The number of para-hydroxylation sites is 1. The third-order valence-corrected chi connectivity index (χ3v) is 4.71. The van der Waals surface area contributed by atoms with E-state index in [-0.39, 0.29) is 5.91 Å². The van der Waals surface area contributed by atoms with Crippen LogP contribution in [0.1, 0.15) is 16.7 Å². The van der Waals surface area contributed by atoms with Gasteiger partial charge in [0, 0.05) is 19.6 Å². The molecule has 0 aliphatic carbocycles. The van der Waals surface area contributed by atoms with Crippen LogP contribution in [0, 0.1) is 0 Å². The molecule has 6 heteroatoms. The van der Waals surface area contributed by atoms with Crippen LogP contribution >= 0.6 is 0 Å². The van der Waals surface area contributed by atoms with Gasteiger partial charge in [-0.1, -0.05) is 42.5 Å². The van der Waals surface area contributed by atoms with Crippen LogP contribution in [0.2, 0.25) is 0 Å². The topological polar surface area (TPSA) is 63.1 Å². The van der Waals surface area contributed by atoms with Crippen molar-refractivity contribution < 1.29 is 4.79 Å². The van der Waals surface area contributed by atoms with Crippen LogP contribution in [-0.2, 0) is 24.3 Å². The molecule has 3 aromatic rings. The maximum Gasteiger partial charge on any atom is 0.234 e. The average molecular weight is 347 g/mol. The largest absolute Gasteiger partial charge is 0.351 e. The molecule has 2 aromatic carbocycles. The Balaban J connectivity index is 1.36. The minimum Gasteiger partial charge on any atom is -0.351 e. The van der Waals surface area contributed by atoms with E-state index < -0.39 is 0 Å². The zero-order chi connectivity index (χ0) is 17.8. The fraction of sp³-hybridized carbons (Fsp3) is 0.250. The summed E-state index contributed by atoms with van der Waals surface area (Å²) in [5.41, 5.74) is 4.65. The van der Waals surface area contributed by atoms with Crippen LogP contribution in [0.3, 0.4) is 0 Å². The van der Waals surface area contributed by atoms with Gasteiger partial charge in [-0.25, -0.2) is 9.67 Å². The molecule has 6 nitrogen and oxygen atoms in total. The van der Waals surface area contributed by atoms with E-state index in [4.69, 9.17) is 0 Å². The molecule has 26 heavy (non-hydrogen) atoms. The lowest BCUT2D eigenvalue weighted by molar-refractivity contribution is -0.122. The van der Waals surface area contributed by atoms with Crippen molar-refractivity contribution in [2.45, 2.75) is 19.5 Å². The second-order valence-electron chi connectivity index (χ2n) is 6.47. The van der Waals surface area contributed by atoms with Crippen LogP contribution < -0.4 is 5.32 Å². The molecule has 0 saturated heterocycles. The van der Waals surface area contributed by atoms with Gasteiger partial charge in [-0.2, -0.15) is 5.10 Å². The molecule has 0 bridgehead atoms. The number of nitrogens with zero attached hydrogens (tertiary/aromatic N) is 4. The molecule has 132 valence electrons. The van der Waals surface area contributed by atoms with Gasteiger partial charge < -0.3 is 5.32 Å². The van der Waals surface area contributed by atoms with E-state index in [9.17, 15) is 4.79 Å². The molecule has 0 spiro atoms. The minimum absolute atomic E-state index is 0.0396. The Morgan fingerprint density at radius 3 is 2.73 bits per heavy atom. The molecule has 1 amide bonds. The van der Waals surface area contributed by atoms with Crippen molar-refractivity contribution in [1.82, 2.24) is 25.0 Å². The number of hydrogen-bond acceptors (Lipinski definition) is 4. The smallest absolute Gasteiger partial charge is 0.234 e. The SMILES string of the molecule is O=C(CN1CCc2ccccc2C1)NCc1ccccc1-n1cncn1. The predicted octanol–water partition coefficient (Wildman–Crippen LogP) is 1.94. The number of hydrogen-bond donors (Lipinski definition) is 1. The summed E-state index contributed by atoms with van der Waals surface area (Å²) >= 11 is 0. The Morgan fingerprint density at radius 2 is 1.88 bits per heavy atom. The van der Waals surface area contributed by atoms with E-state index in [1.54, 1.807) is 11.0 Å². The number of fused-ring (bicyclic) bond motifs is 1. The lowest BCUT2D eigenvalue weighted by atomic mass is 10.00. The van der Waals surface area contributed by atoms with E-state index in [1.807, 2.05) is 24.3 Å².